The van der Waals surface area contributed by atoms with Crippen molar-refractivity contribution in [2.75, 3.05) is 6.80 Å². The Morgan fingerprint density at radius 1 is 1.52 bits per heavy atom. The highest BCUT2D eigenvalue weighted by Crippen LogP contribution is 2.23. The second-order valence-electron chi connectivity index (χ2n) is 4.51. The van der Waals surface area contributed by atoms with E-state index in [9.17, 15) is 4.39 Å². The number of aliphatic imine (C=N–C) groups is 1. The van der Waals surface area contributed by atoms with Crippen LogP contribution >= 0.6 is 11.6 Å². The number of hydrogen-bond donors (Lipinski definition) is 1. The van der Waals surface area contributed by atoms with Crippen LogP contribution in [0.2, 0.25) is 5.02 Å². The maximum atomic E-state index is 12.1. The lowest BCUT2D eigenvalue weighted by Gasteiger charge is -2.15. The minimum atomic E-state index is -0.739. The summed E-state index contributed by atoms with van der Waals surface area (Å²) in [6.07, 6.45) is 5.12. The molecule has 0 bridgehead atoms. The van der Waals surface area contributed by atoms with Crippen molar-refractivity contribution in [3.63, 3.8) is 0 Å². The van der Waals surface area contributed by atoms with Gasteiger partial charge in [0.05, 0.1) is 5.70 Å². The first-order valence-corrected chi connectivity index (χ1v) is 7.18. The average molecular weight is 307 g/mol. The number of aryl methyl sites for hydroxylation is 1. The number of alkyl halides is 1. The third-order valence-corrected chi connectivity index (χ3v) is 3.12. The van der Waals surface area contributed by atoms with Gasteiger partial charge in [0.15, 0.2) is 6.80 Å². The van der Waals surface area contributed by atoms with Gasteiger partial charge in [0.2, 0.25) is 0 Å². The molecule has 112 valence electrons. The number of halogens is 2. The molecule has 0 saturated heterocycles. The van der Waals surface area contributed by atoms with E-state index in [4.69, 9.17) is 11.6 Å². The van der Waals surface area contributed by atoms with Crippen LogP contribution in [0.3, 0.4) is 0 Å². The van der Waals surface area contributed by atoms with E-state index >= 15 is 0 Å². The summed E-state index contributed by atoms with van der Waals surface area (Å²) in [4.78, 5) is 3.58. The van der Waals surface area contributed by atoms with Crippen molar-refractivity contribution < 1.29 is 4.39 Å². The summed E-state index contributed by atoms with van der Waals surface area (Å²) in [5, 5.41) is 3.85. The highest BCUT2D eigenvalue weighted by Gasteiger charge is 2.08. The van der Waals surface area contributed by atoms with Crippen LogP contribution in [0.1, 0.15) is 31.4 Å². The fourth-order valence-corrected chi connectivity index (χ4v) is 2.07. The zero-order valence-corrected chi connectivity index (χ0v) is 13.2. The Hall–Kier alpha value is -1.83. The van der Waals surface area contributed by atoms with Crippen LogP contribution < -0.4 is 5.32 Å². The molecule has 1 aromatic carbocycles. The Morgan fingerprint density at radius 2 is 2.29 bits per heavy atom. The van der Waals surface area contributed by atoms with Gasteiger partial charge in [0, 0.05) is 22.5 Å². The van der Waals surface area contributed by atoms with E-state index in [2.05, 4.69) is 29.5 Å². The molecule has 0 fully saturated rings. The monoisotopic (exact) mass is 306 g/mol. The van der Waals surface area contributed by atoms with Gasteiger partial charge in [-0.3, -0.25) is 4.99 Å². The molecule has 4 heteroatoms. The third-order valence-electron chi connectivity index (χ3n) is 2.88. The molecule has 0 aliphatic carbocycles. The van der Waals surface area contributed by atoms with Crippen molar-refractivity contribution >= 4 is 23.5 Å². The van der Waals surface area contributed by atoms with Crippen LogP contribution in [-0.4, -0.2) is 13.0 Å². The average Bonchev–Trinajstić information content (AvgIpc) is 2.48. The largest absolute Gasteiger partial charge is 0.352 e. The third kappa shape index (κ3) is 5.58. The van der Waals surface area contributed by atoms with Gasteiger partial charge in [-0.15, -0.1) is 5.73 Å². The van der Waals surface area contributed by atoms with Crippen molar-refractivity contribution in [3.8, 4) is 0 Å². The first-order valence-electron chi connectivity index (χ1n) is 6.80. The highest BCUT2D eigenvalue weighted by molar-refractivity contribution is 6.30. The van der Waals surface area contributed by atoms with Gasteiger partial charge in [-0.2, -0.15) is 0 Å². The van der Waals surface area contributed by atoms with Gasteiger partial charge in [0.25, 0.3) is 0 Å². The van der Waals surface area contributed by atoms with E-state index in [0.29, 0.717) is 5.02 Å². The van der Waals surface area contributed by atoms with Gasteiger partial charge in [0.1, 0.15) is 0 Å². The minimum Gasteiger partial charge on any atom is -0.352 e. The molecule has 0 aliphatic rings. The lowest BCUT2D eigenvalue weighted by atomic mass is 10.00. The summed E-state index contributed by atoms with van der Waals surface area (Å²) < 4.78 is 12.1. The van der Waals surface area contributed by atoms with Crippen molar-refractivity contribution in [1.29, 1.82) is 0 Å². The fourth-order valence-electron chi connectivity index (χ4n) is 1.90. The number of nitrogens with zero attached hydrogens (tertiary/aromatic N) is 1. The normalized spacial score (nSPS) is 11.5. The first-order chi connectivity index (χ1) is 10.1. The summed E-state index contributed by atoms with van der Waals surface area (Å²) in [7, 11) is 0. The van der Waals surface area contributed by atoms with Crippen molar-refractivity contribution in [2.45, 2.75) is 26.7 Å². The topological polar surface area (TPSA) is 24.4 Å². The lowest BCUT2D eigenvalue weighted by molar-refractivity contribution is 0.514. The van der Waals surface area contributed by atoms with E-state index in [1.165, 1.54) is 11.8 Å². The summed E-state index contributed by atoms with van der Waals surface area (Å²) >= 11 is 6.11. The zero-order chi connectivity index (χ0) is 15.7. The second-order valence-corrected chi connectivity index (χ2v) is 4.95. The number of nitrogens with one attached hydrogen (secondary N) is 1. The van der Waals surface area contributed by atoms with Crippen LogP contribution in [0.5, 0.6) is 0 Å². The maximum Gasteiger partial charge on any atom is 0.179 e. The van der Waals surface area contributed by atoms with Gasteiger partial charge >= 0.3 is 0 Å². The van der Waals surface area contributed by atoms with Crippen LogP contribution in [0.15, 0.2) is 47.3 Å². The quantitative estimate of drug-likeness (QED) is 0.432. The molecule has 0 saturated carbocycles. The molecule has 0 aromatic heterocycles. The predicted molar refractivity (Wildman–Crippen MR) is 89.4 cm³/mol. The van der Waals surface area contributed by atoms with E-state index in [1.54, 1.807) is 6.08 Å². The number of hydrogen-bond acceptors (Lipinski definition) is 2. The van der Waals surface area contributed by atoms with Crippen molar-refractivity contribution in [3.05, 3.63) is 58.4 Å². The predicted octanol–water partition coefficient (Wildman–Crippen LogP) is 4.91. The van der Waals surface area contributed by atoms with E-state index < -0.39 is 6.80 Å². The second kappa shape index (κ2) is 9.17. The Balaban J connectivity index is 3.29. The molecule has 2 nitrogen and oxygen atoms in total. The molecule has 0 aliphatic heterocycles. The molecule has 0 unspecified atom stereocenters. The molecule has 0 atom stereocenters. The Labute approximate surface area is 130 Å². The zero-order valence-electron chi connectivity index (χ0n) is 12.4. The summed E-state index contributed by atoms with van der Waals surface area (Å²) in [6.45, 7) is 6.85. The lowest BCUT2D eigenvalue weighted by Crippen LogP contribution is -2.11. The molecule has 0 spiro atoms. The van der Waals surface area contributed by atoms with Gasteiger partial charge in [-0.25, -0.2) is 4.39 Å². The van der Waals surface area contributed by atoms with E-state index in [1.807, 2.05) is 25.1 Å². The molecule has 1 N–H and O–H groups in total. The number of rotatable bonds is 7. The Morgan fingerprint density at radius 3 is 2.90 bits per heavy atom. The summed E-state index contributed by atoms with van der Waals surface area (Å²) in [5.74, 6) is 0. The van der Waals surface area contributed by atoms with E-state index in [0.717, 1.165) is 29.8 Å². The van der Waals surface area contributed by atoms with Crippen molar-refractivity contribution in [2.24, 2.45) is 4.99 Å². The van der Waals surface area contributed by atoms with Crippen LogP contribution in [0.4, 0.5) is 4.39 Å². The van der Waals surface area contributed by atoms with Crippen molar-refractivity contribution in [1.82, 2.24) is 5.32 Å². The Kier molecular flexibility index (Phi) is 7.52. The molecule has 21 heavy (non-hydrogen) atoms. The van der Waals surface area contributed by atoms with Gasteiger partial charge in [-0.05, 0) is 37.1 Å². The summed E-state index contributed by atoms with van der Waals surface area (Å²) in [6, 6.07) is 5.78. The molecular formula is C17H20ClFN2. The van der Waals surface area contributed by atoms with Crippen LogP contribution in [-0.2, 0) is 6.42 Å². The molecule has 0 heterocycles. The maximum absolute atomic E-state index is 12.1. The molecular weight excluding hydrogens is 287 g/mol. The SMILES string of the molecule is C=C=C(C)NC(=CC=NCF)c1cc(Cl)ccc1CCC. The fraction of sp³-hybridized carbons (Fsp3) is 0.294. The molecule has 1 rings (SSSR count). The smallest absolute Gasteiger partial charge is 0.179 e. The highest BCUT2D eigenvalue weighted by atomic mass is 35.5. The van der Waals surface area contributed by atoms with Gasteiger partial charge in [-0.1, -0.05) is 37.6 Å². The molecule has 0 radical (unpaired) electrons. The number of allylic oxidation sites excluding steroid dienone is 2. The van der Waals surface area contributed by atoms with Crippen LogP contribution in [0, 0.1) is 0 Å². The number of benzene rings is 1. The minimum absolute atomic E-state index is 0.653. The standard InChI is InChI=1S/C17H20ClFN2/c1-4-6-14-7-8-15(18)11-16(14)17(9-10-20-12-19)21-13(3)5-2/h7-11,21H,2,4,6,12H2,1,3H3. The Bertz CT molecular complexity index is 584. The molecule has 1 aromatic rings. The van der Waals surface area contributed by atoms with Crippen LogP contribution in [0.25, 0.3) is 5.70 Å². The van der Waals surface area contributed by atoms with E-state index in [-0.39, 0.29) is 0 Å². The molecule has 0 amide bonds. The van der Waals surface area contributed by atoms with Gasteiger partial charge < -0.3 is 5.32 Å². The summed E-state index contributed by atoms with van der Waals surface area (Å²) in [5.41, 5.74) is 6.51. The first kappa shape index (κ1) is 17.2.